The van der Waals surface area contributed by atoms with E-state index < -0.39 is 5.97 Å². The first kappa shape index (κ1) is 18.7. The zero-order chi connectivity index (χ0) is 21.1. The largest absolute Gasteiger partial charge is 0.478 e. The van der Waals surface area contributed by atoms with Crippen LogP contribution >= 0.6 is 0 Å². The highest BCUT2D eigenvalue weighted by molar-refractivity contribution is 5.87. The van der Waals surface area contributed by atoms with Crippen molar-refractivity contribution in [3.05, 3.63) is 71.7 Å². The van der Waals surface area contributed by atoms with Gasteiger partial charge in [0.15, 0.2) is 0 Å². The molecule has 0 aliphatic carbocycles. The van der Waals surface area contributed by atoms with Crippen LogP contribution in [0.4, 0.5) is 5.95 Å². The first-order valence-electron chi connectivity index (χ1n) is 8.75. The fourth-order valence-electron chi connectivity index (χ4n) is 2.80. The number of nitrogens with zero attached hydrogens (tertiary/aromatic N) is 7. The molecule has 0 spiro atoms. The van der Waals surface area contributed by atoms with Gasteiger partial charge in [0.2, 0.25) is 5.95 Å². The van der Waals surface area contributed by atoms with Gasteiger partial charge in [0.1, 0.15) is 5.69 Å². The first-order chi connectivity index (χ1) is 14.5. The molecular weight excluding hydrogens is 384 g/mol. The minimum absolute atomic E-state index is 0.0744. The molecular formula is C20H14N8O2. The Hall–Kier alpha value is -4.65. The molecule has 0 unspecified atom stereocenters. The van der Waals surface area contributed by atoms with Gasteiger partial charge in [-0.3, -0.25) is 4.98 Å². The fraction of sp³-hybridized carbons (Fsp3) is 0.0500. The molecule has 10 nitrogen and oxygen atoms in total. The summed E-state index contributed by atoms with van der Waals surface area (Å²) in [7, 11) is 0. The zero-order valence-electron chi connectivity index (χ0n) is 15.5. The highest BCUT2D eigenvalue weighted by Crippen LogP contribution is 2.24. The third kappa shape index (κ3) is 3.95. The Bertz CT molecular complexity index is 1270. The second-order valence-corrected chi connectivity index (χ2v) is 6.33. The summed E-state index contributed by atoms with van der Waals surface area (Å²) in [6.45, 7) is 0.310. The summed E-state index contributed by atoms with van der Waals surface area (Å²) in [5.41, 5.74) is 9.41. The van der Waals surface area contributed by atoms with Crippen molar-refractivity contribution in [1.82, 2.24) is 29.9 Å². The molecule has 3 heterocycles. The van der Waals surface area contributed by atoms with Gasteiger partial charge in [-0.1, -0.05) is 17.3 Å². The van der Waals surface area contributed by atoms with Gasteiger partial charge in [-0.25, -0.2) is 19.4 Å². The van der Waals surface area contributed by atoms with Crippen molar-refractivity contribution in [2.75, 3.05) is 5.73 Å². The van der Waals surface area contributed by atoms with E-state index in [0.29, 0.717) is 34.9 Å². The van der Waals surface area contributed by atoms with E-state index in [0.717, 1.165) is 5.56 Å². The van der Waals surface area contributed by atoms with Crippen molar-refractivity contribution in [2.24, 2.45) is 0 Å². The van der Waals surface area contributed by atoms with Crippen LogP contribution in [-0.2, 0) is 6.54 Å². The molecule has 0 bridgehead atoms. The third-order valence-electron chi connectivity index (χ3n) is 4.23. The van der Waals surface area contributed by atoms with Crippen LogP contribution in [0.5, 0.6) is 0 Å². The number of nitrogen functional groups attached to an aromatic ring is 1. The van der Waals surface area contributed by atoms with E-state index >= 15 is 0 Å². The number of hydrogen-bond acceptors (Lipinski definition) is 8. The minimum atomic E-state index is -1.03. The molecule has 0 amide bonds. The normalized spacial score (nSPS) is 10.5. The van der Waals surface area contributed by atoms with Crippen molar-refractivity contribution in [2.45, 2.75) is 6.54 Å². The topological polar surface area (TPSA) is 156 Å². The predicted molar refractivity (Wildman–Crippen MR) is 106 cm³/mol. The predicted octanol–water partition coefficient (Wildman–Crippen LogP) is 2.00. The monoisotopic (exact) mass is 398 g/mol. The van der Waals surface area contributed by atoms with Gasteiger partial charge < -0.3 is 10.8 Å². The smallest absolute Gasteiger partial charge is 0.337 e. The quantitative estimate of drug-likeness (QED) is 0.513. The van der Waals surface area contributed by atoms with Gasteiger partial charge in [0, 0.05) is 11.8 Å². The van der Waals surface area contributed by atoms with Crippen LogP contribution in [0, 0.1) is 11.3 Å². The van der Waals surface area contributed by atoms with E-state index in [4.69, 9.17) is 16.1 Å². The Kier molecular flexibility index (Phi) is 4.84. The molecule has 146 valence electrons. The summed E-state index contributed by atoms with van der Waals surface area (Å²) in [4.78, 5) is 23.5. The number of rotatable bonds is 5. The molecule has 4 rings (SSSR count). The van der Waals surface area contributed by atoms with E-state index in [1.165, 1.54) is 12.3 Å². The molecule has 30 heavy (non-hydrogen) atoms. The minimum Gasteiger partial charge on any atom is -0.478 e. The maximum atomic E-state index is 10.9. The second-order valence-electron chi connectivity index (χ2n) is 6.33. The van der Waals surface area contributed by atoms with Crippen LogP contribution in [0.25, 0.3) is 22.6 Å². The van der Waals surface area contributed by atoms with E-state index in [1.54, 1.807) is 41.2 Å². The molecule has 0 aliphatic heterocycles. The zero-order valence-corrected chi connectivity index (χ0v) is 15.5. The van der Waals surface area contributed by atoms with Gasteiger partial charge in [0.05, 0.1) is 47.0 Å². The summed E-state index contributed by atoms with van der Waals surface area (Å²) < 4.78 is 1.56. The first-order valence-corrected chi connectivity index (χ1v) is 8.75. The number of benzene rings is 1. The third-order valence-corrected chi connectivity index (χ3v) is 4.23. The van der Waals surface area contributed by atoms with Crippen molar-refractivity contribution in [3.63, 3.8) is 0 Å². The van der Waals surface area contributed by atoms with Crippen molar-refractivity contribution >= 4 is 11.9 Å². The number of hydrogen-bond donors (Lipinski definition) is 2. The van der Waals surface area contributed by atoms with Crippen LogP contribution in [0.1, 0.15) is 21.6 Å². The van der Waals surface area contributed by atoms with Crippen molar-refractivity contribution < 1.29 is 9.90 Å². The molecule has 0 saturated heterocycles. The number of carboxylic acids is 1. The van der Waals surface area contributed by atoms with Gasteiger partial charge in [-0.05, 0) is 30.3 Å². The van der Waals surface area contributed by atoms with E-state index in [-0.39, 0.29) is 11.5 Å². The average molecular weight is 398 g/mol. The number of nitrogens with two attached hydrogens (primary N) is 1. The highest BCUT2D eigenvalue weighted by Gasteiger charge is 2.12. The number of anilines is 1. The molecule has 3 N–H and O–H groups in total. The van der Waals surface area contributed by atoms with Crippen molar-refractivity contribution in [3.8, 4) is 28.7 Å². The summed E-state index contributed by atoms with van der Waals surface area (Å²) in [6, 6.07) is 13.9. The standard InChI is InChI=1S/C20H14N8O2/c21-8-12-2-1-3-13(6-12)16-7-17(25-20(22)24-16)18-11-28(27-26-18)10-15-5-4-14(9-23-15)19(29)30/h1-7,9,11H,10H2,(H,29,30)(H2,22,24,25). The molecule has 3 aromatic heterocycles. The summed E-state index contributed by atoms with van der Waals surface area (Å²) in [5.74, 6) is -0.958. The molecule has 0 fully saturated rings. The van der Waals surface area contributed by atoms with Gasteiger partial charge in [-0.2, -0.15) is 5.26 Å². The lowest BCUT2D eigenvalue weighted by Crippen LogP contribution is -2.04. The number of carbonyl (C=O) groups is 1. The lowest BCUT2D eigenvalue weighted by atomic mass is 10.1. The molecule has 10 heteroatoms. The van der Waals surface area contributed by atoms with Crippen LogP contribution in [0.15, 0.2) is 54.9 Å². The van der Waals surface area contributed by atoms with Gasteiger partial charge >= 0.3 is 5.97 Å². The van der Waals surface area contributed by atoms with Crippen molar-refractivity contribution in [1.29, 1.82) is 5.26 Å². The maximum Gasteiger partial charge on any atom is 0.337 e. The summed E-state index contributed by atoms with van der Waals surface area (Å²) in [6.07, 6.45) is 2.98. The van der Waals surface area contributed by atoms with E-state index in [2.05, 4.69) is 31.3 Å². The van der Waals surface area contributed by atoms with E-state index in [9.17, 15) is 4.79 Å². The summed E-state index contributed by atoms with van der Waals surface area (Å²) >= 11 is 0. The Morgan fingerprint density at radius 2 is 1.97 bits per heavy atom. The highest BCUT2D eigenvalue weighted by atomic mass is 16.4. The molecule has 0 radical (unpaired) electrons. The Balaban J connectivity index is 1.60. The number of aromatic nitrogens is 6. The second kappa shape index (κ2) is 7.76. The number of carboxylic acid groups (broad SMARTS) is 1. The average Bonchev–Trinajstić information content (AvgIpc) is 3.22. The lowest BCUT2D eigenvalue weighted by molar-refractivity contribution is 0.0696. The van der Waals surface area contributed by atoms with Crippen LogP contribution in [0.2, 0.25) is 0 Å². The molecule has 1 aromatic carbocycles. The van der Waals surface area contributed by atoms with Crippen LogP contribution < -0.4 is 5.73 Å². The Labute approximate surface area is 170 Å². The molecule has 0 aliphatic rings. The molecule has 4 aromatic rings. The Morgan fingerprint density at radius 1 is 1.13 bits per heavy atom. The SMILES string of the molecule is N#Cc1cccc(-c2cc(-c3cn(Cc4ccc(C(=O)O)cn4)nn3)nc(N)n2)c1. The molecule has 0 atom stereocenters. The van der Waals surface area contributed by atoms with Crippen LogP contribution in [0.3, 0.4) is 0 Å². The number of aromatic carboxylic acids is 1. The number of pyridine rings is 1. The van der Waals surface area contributed by atoms with E-state index in [1.807, 2.05) is 6.07 Å². The Morgan fingerprint density at radius 3 is 2.70 bits per heavy atom. The number of nitriles is 1. The van der Waals surface area contributed by atoms with Crippen LogP contribution in [-0.4, -0.2) is 41.0 Å². The summed E-state index contributed by atoms with van der Waals surface area (Å²) in [5, 5.41) is 26.2. The lowest BCUT2D eigenvalue weighted by Gasteiger charge is -2.05. The fourth-order valence-corrected chi connectivity index (χ4v) is 2.80. The van der Waals surface area contributed by atoms with Gasteiger partial charge in [0.25, 0.3) is 0 Å². The molecule has 0 saturated carbocycles. The van der Waals surface area contributed by atoms with Gasteiger partial charge in [-0.15, -0.1) is 5.10 Å². The maximum absolute atomic E-state index is 10.9.